The lowest BCUT2D eigenvalue weighted by atomic mass is 9.89. The van der Waals surface area contributed by atoms with E-state index in [1.165, 1.54) is 44.9 Å². The number of anilines is 1. The molecule has 0 radical (unpaired) electrons. The lowest BCUT2D eigenvalue weighted by Gasteiger charge is -2.18. The topological polar surface area (TPSA) is 51.8 Å². The average Bonchev–Trinajstić information content (AvgIpc) is 2.16. The van der Waals surface area contributed by atoms with Crippen LogP contribution >= 0.6 is 0 Å². The standard InChI is InChI=1S/C12H19N3/c13-12-8-11(14-9-15-12)10-6-4-2-1-3-5-7-10/h8-10H,1-7H2,(H2,13,14,15). The maximum Gasteiger partial charge on any atom is 0.127 e. The lowest BCUT2D eigenvalue weighted by Crippen LogP contribution is -2.05. The molecule has 1 heterocycles. The van der Waals surface area contributed by atoms with Gasteiger partial charge in [-0.25, -0.2) is 9.97 Å². The van der Waals surface area contributed by atoms with Crippen molar-refractivity contribution >= 4 is 5.82 Å². The fourth-order valence-corrected chi connectivity index (χ4v) is 2.36. The van der Waals surface area contributed by atoms with Gasteiger partial charge in [-0.3, -0.25) is 0 Å². The van der Waals surface area contributed by atoms with Crippen molar-refractivity contribution < 1.29 is 0 Å². The van der Waals surface area contributed by atoms with Crippen molar-refractivity contribution in [2.24, 2.45) is 0 Å². The molecule has 0 unspecified atom stereocenters. The highest BCUT2D eigenvalue weighted by atomic mass is 14.9. The van der Waals surface area contributed by atoms with Crippen molar-refractivity contribution in [3.05, 3.63) is 18.1 Å². The maximum atomic E-state index is 5.68. The Morgan fingerprint density at radius 3 is 2.33 bits per heavy atom. The number of aromatic nitrogens is 2. The van der Waals surface area contributed by atoms with Gasteiger partial charge >= 0.3 is 0 Å². The minimum absolute atomic E-state index is 0.599. The summed E-state index contributed by atoms with van der Waals surface area (Å²) in [4.78, 5) is 8.29. The Morgan fingerprint density at radius 2 is 1.67 bits per heavy atom. The predicted molar refractivity (Wildman–Crippen MR) is 61.5 cm³/mol. The zero-order valence-electron chi connectivity index (χ0n) is 9.15. The monoisotopic (exact) mass is 205 g/mol. The molecule has 0 aliphatic heterocycles. The number of nitrogens with zero attached hydrogens (tertiary/aromatic N) is 2. The molecule has 2 N–H and O–H groups in total. The molecule has 0 amide bonds. The fourth-order valence-electron chi connectivity index (χ4n) is 2.36. The second-order valence-corrected chi connectivity index (χ2v) is 4.41. The van der Waals surface area contributed by atoms with Gasteiger partial charge in [0.15, 0.2) is 0 Å². The first-order chi connectivity index (χ1) is 7.36. The molecule has 3 heteroatoms. The van der Waals surface area contributed by atoms with Crippen LogP contribution in [-0.4, -0.2) is 9.97 Å². The van der Waals surface area contributed by atoms with E-state index < -0.39 is 0 Å². The van der Waals surface area contributed by atoms with Crippen molar-refractivity contribution in [1.29, 1.82) is 0 Å². The molecule has 1 fully saturated rings. The Morgan fingerprint density at radius 1 is 1.00 bits per heavy atom. The van der Waals surface area contributed by atoms with Crippen LogP contribution in [0.1, 0.15) is 56.6 Å². The van der Waals surface area contributed by atoms with Gasteiger partial charge in [0.05, 0.1) is 0 Å². The van der Waals surface area contributed by atoms with Gasteiger partial charge in [-0.05, 0) is 12.8 Å². The molecular formula is C12H19N3. The van der Waals surface area contributed by atoms with Crippen LogP contribution in [0.15, 0.2) is 12.4 Å². The molecule has 3 nitrogen and oxygen atoms in total. The van der Waals surface area contributed by atoms with Gasteiger partial charge in [0.25, 0.3) is 0 Å². The summed E-state index contributed by atoms with van der Waals surface area (Å²) in [6.07, 6.45) is 10.9. The summed E-state index contributed by atoms with van der Waals surface area (Å²) in [5.74, 6) is 1.21. The van der Waals surface area contributed by atoms with Gasteiger partial charge < -0.3 is 5.73 Å². The first-order valence-electron chi connectivity index (χ1n) is 5.93. The molecule has 1 aromatic heterocycles. The van der Waals surface area contributed by atoms with Gasteiger partial charge in [0.1, 0.15) is 12.1 Å². The molecule has 2 rings (SSSR count). The molecule has 0 bridgehead atoms. The van der Waals surface area contributed by atoms with Gasteiger partial charge in [-0.2, -0.15) is 0 Å². The van der Waals surface area contributed by atoms with Gasteiger partial charge in [0, 0.05) is 17.7 Å². The summed E-state index contributed by atoms with van der Waals surface area (Å²) in [5.41, 5.74) is 6.83. The summed E-state index contributed by atoms with van der Waals surface area (Å²) in [6.45, 7) is 0. The molecule has 0 aromatic carbocycles. The van der Waals surface area contributed by atoms with E-state index in [0.29, 0.717) is 11.7 Å². The van der Waals surface area contributed by atoms with Gasteiger partial charge in [-0.15, -0.1) is 0 Å². The third kappa shape index (κ3) is 2.91. The van der Waals surface area contributed by atoms with E-state index in [0.717, 1.165) is 5.69 Å². The number of rotatable bonds is 1. The number of hydrogen-bond acceptors (Lipinski definition) is 3. The first kappa shape index (κ1) is 10.4. The maximum absolute atomic E-state index is 5.68. The Balaban J connectivity index is 2.06. The first-order valence-corrected chi connectivity index (χ1v) is 5.93. The molecule has 0 spiro atoms. The minimum atomic E-state index is 0.599. The Labute approximate surface area is 91.1 Å². The summed E-state index contributed by atoms with van der Waals surface area (Å²) >= 11 is 0. The molecule has 1 aliphatic rings. The smallest absolute Gasteiger partial charge is 0.127 e. The average molecular weight is 205 g/mol. The van der Waals surface area contributed by atoms with Gasteiger partial charge in [-0.1, -0.05) is 32.1 Å². The predicted octanol–water partition coefficient (Wildman–Crippen LogP) is 2.89. The van der Waals surface area contributed by atoms with E-state index in [4.69, 9.17) is 5.73 Å². The largest absolute Gasteiger partial charge is 0.384 e. The lowest BCUT2D eigenvalue weighted by molar-refractivity contribution is 0.449. The molecule has 1 aromatic rings. The van der Waals surface area contributed by atoms with E-state index in [1.54, 1.807) is 6.33 Å². The van der Waals surface area contributed by atoms with E-state index in [2.05, 4.69) is 9.97 Å². The molecule has 82 valence electrons. The van der Waals surface area contributed by atoms with Crippen molar-refractivity contribution in [1.82, 2.24) is 9.97 Å². The zero-order chi connectivity index (χ0) is 10.5. The second kappa shape index (κ2) is 5.10. The van der Waals surface area contributed by atoms with Crippen molar-refractivity contribution in [2.45, 2.75) is 50.9 Å². The highest BCUT2D eigenvalue weighted by Crippen LogP contribution is 2.29. The minimum Gasteiger partial charge on any atom is -0.384 e. The Bertz CT molecular complexity index is 303. The highest BCUT2D eigenvalue weighted by Gasteiger charge is 2.14. The van der Waals surface area contributed by atoms with Crippen LogP contribution in [0.25, 0.3) is 0 Å². The Kier molecular flexibility index (Phi) is 3.54. The Hall–Kier alpha value is -1.12. The molecule has 1 saturated carbocycles. The van der Waals surface area contributed by atoms with E-state index in [1.807, 2.05) is 6.07 Å². The van der Waals surface area contributed by atoms with Crippen LogP contribution < -0.4 is 5.73 Å². The van der Waals surface area contributed by atoms with Crippen LogP contribution in [0.5, 0.6) is 0 Å². The summed E-state index contributed by atoms with van der Waals surface area (Å²) in [5, 5.41) is 0. The number of hydrogen-bond donors (Lipinski definition) is 1. The fraction of sp³-hybridized carbons (Fsp3) is 0.667. The highest BCUT2D eigenvalue weighted by molar-refractivity contribution is 5.29. The third-order valence-corrected chi connectivity index (χ3v) is 3.23. The van der Waals surface area contributed by atoms with Crippen LogP contribution in [0.2, 0.25) is 0 Å². The van der Waals surface area contributed by atoms with Crippen LogP contribution in [0, 0.1) is 0 Å². The normalized spacial score (nSPS) is 19.5. The van der Waals surface area contributed by atoms with E-state index >= 15 is 0 Å². The summed E-state index contributed by atoms with van der Waals surface area (Å²) in [6, 6.07) is 1.94. The molecule has 0 atom stereocenters. The van der Waals surface area contributed by atoms with E-state index in [9.17, 15) is 0 Å². The molecular weight excluding hydrogens is 186 g/mol. The molecule has 1 aliphatic carbocycles. The zero-order valence-corrected chi connectivity index (χ0v) is 9.15. The van der Waals surface area contributed by atoms with Crippen LogP contribution in [0.4, 0.5) is 5.82 Å². The third-order valence-electron chi connectivity index (χ3n) is 3.23. The van der Waals surface area contributed by atoms with E-state index in [-0.39, 0.29) is 0 Å². The van der Waals surface area contributed by atoms with Crippen molar-refractivity contribution in [3.8, 4) is 0 Å². The van der Waals surface area contributed by atoms with Crippen LogP contribution in [0.3, 0.4) is 0 Å². The molecule has 0 saturated heterocycles. The SMILES string of the molecule is Nc1cc(C2CCCCCCC2)ncn1. The van der Waals surface area contributed by atoms with Crippen LogP contribution in [-0.2, 0) is 0 Å². The van der Waals surface area contributed by atoms with Crippen molar-refractivity contribution in [3.63, 3.8) is 0 Å². The molecule has 15 heavy (non-hydrogen) atoms. The van der Waals surface area contributed by atoms with Crippen molar-refractivity contribution in [2.75, 3.05) is 5.73 Å². The van der Waals surface area contributed by atoms with Gasteiger partial charge in [0.2, 0.25) is 0 Å². The summed E-state index contributed by atoms with van der Waals surface area (Å²) < 4.78 is 0. The number of nitrogen functional groups attached to an aromatic ring is 1. The summed E-state index contributed by atoms with van der Waals surface area (Å²) in [7, 11) is 0. The quantitative estimate of drug-likeness (QED) is 0.767. The second-order valence-electron chi connectivity index (χ2n) is 4.41. The number of nitrogens with two attached hydrogens (primary N) is 1.